The van der Waals surface area contributed by atoms with E-state index in [1.807, 2.05) is 0 Å². The summed E-state index contributed by atoms with van der Waals surface area (Å²) in [5, 5.41) is 2.94. The van der Waals surface area contributed by atoms with Crippen LogP contribution in [-0.4, -0.2) is 11.7 Å². The number of hydrogen-bond donors (Lipinski definition) is 1. The Bertz CT molecular complexity index is 520. The van der Waals surface area contributed by atoms with Crippen molar-refractivity contribution < 1.29 is 9.59 Å². The Hall–Kier alpha value is -1.64. The molecule has 0 saturated heterocycles. The van der Waals surface area contributed by atoms with Crippen LogP contribution in [0.4, 0.5) is 5.69 Å². The largest absolute Gasteiger partial charge is 0.326 e. The summed E-state index contributed by atoms with van der Waals surface area (Å²) >= 11 is 0. The molecule has 3 nitrogen and oxygen atoms in total. The molecule has 0 spiro atoms. The summed E-state index contributed by atoms with van der Waals surface area (Å²) in [7, 11) is 0. The van der Waals surface area contributed by atoms with Crippen molar-refractivity contribution in [3.05, 3.63) is 29.8 Å². The molecule has 0 heterocycles. The van der Waals surface area contributed by atoms with Crippen LogP contribution in [0.2, 0.25) is 0 Å². The standard InChI is InChI=1S/C17H21NO2/c1-11(19)13-4-6-16(7-5-13)18-17(20)10-15-9-12-2-3-14(15)8-12/h4-7,12,14-15H,2-3,8-10H2,1H3,(H,18,20)/t12-,14-,15-/m1/s1. The van der Waals surface area contributed by atoms with E-state index in [9.17, 15) is 9.59 Å². The second-order valence-corrected chi connectivity index (χ2v) is 6.32. The third-order valence-corrected chi connectivity index (χ3v) is 4.91. The highest BCUT2D eigenvalue weighted by molar-refractivity contribution is 5.95. The van der Waals surface area contributed by atoms with E-state index in [0.717, 1.165) is 17.5 Å². The van der Waals surface area contributed by atoms with Crippen LogP contribution in [0.3, 0.4) is 0 Å². The molecule has 2 bridgehead atoms. The van der Waals surface area contributed by atoms with Gasteiger partial charge in [0, 0.05) is 17.7 Å². The molecule has 20 heavy (non-hydrogen) atoms. The van der Waals surface area contributed by atoms with Crippen LogP contribution in [0.1, 0.15) is 49.4 Å². The first-order chi connectivity index (χ1) is 9.61. The minimum atomic E-state index is 0.0462. The van der Waals surface area contributed by atoms with E-state index in [-0.39, 0.29) is 11.7 Å². The first-order valence-electron chi connectivity index (χ1n) is 7.52. The van der Waals surface area contributed by atoms with Gasteiger partial charge in [0.15, 0.2) is 5.78 Å². The molecule has 3 heteroatoms. The van der Waals surface area contributed by atoms with Gasteiger partial charge in [-0.1, -0.05) is 6.42 Å². The molecule has 2 aliphatic carbocycles. The average molecular weight is 271 g/mol. The van der Waals surface area contributed by atoms with Gasteiger partial charge in [0.05, 0.1) is 0 Å². The fourth-order valence-electron chi connectivity index (χ4n) is 3.86. The van der Waals surface area contributed by atoms with Gasteiger partial charge in [-0.3, -0.25) is 9.59 Å². The summed E-state index contributed by atoms with van der Waals surface area (Å²) in [6.07, 6.45) is 5.91. The number of ketones is 1. The molecule has 0 aliphatic heterocycles. The number of anilines is 1. The number of hydrogen-bond acceptors (Lipinski definition) is 2. The van der Waals surface area contributed by atoms with Gasteiger partial charge in [0.2, 0.25) is 5.91 Å². The van der Waals surface area contributed by atoms with Crippen molar-refractivity contribution >= 4 is 17.4 Å². The minimum absolute atomic E-state index is 0.0462. The Morgan fingerprint density at radius 3 is 2.45 bits per heavy atom. The zero-order chi connectivity index (χ0) is 14.1. The van der Waals surface area contributed by atoms with E-state index >= 15 is 0 Å². The van der Waals surface area contributed by atoms with Crippen molar-refractivity contribution in [3.63, 3.8) is 0 Å². The lowest BCUT2D eigenvalue weighted by molar-refractivity contribution is -0.117. The molecule has 2 fully saturated rings. The summed E-state index contributed by atoms with van der Waals surface area (Å²) in [6.45, 7) is 1.54. The van der Waals surface area contributed by atoms with E-state index in [0.29, 0.717) is 17.9 Å². The first-order valence-corrected chi connectivity index (χ1v) is 7.52. The van der Waals surface area contributed by atoms with E-state index in [2.05, 4.69) is 5.32 Å². The van der Waals surface area contributed by atoms with E-state index in [1.165, 1.54) is 25.7 Å². The fraction of sp³-hybridized carbons (Fsp3) is 0.529. The van der Waals surface area contributed by atoms with Crippen molar-refractivity contribution in [2.75, 3.05) is 5.32 Å². The smallest absolute Gasteiger partial charge is 0.224 e. The maximum absolute atomic E-state index is 12.1. The SMILES string of the molecule is CC(=O)c1ccc(NC(=O)C[C@H]2C[C@@H]3CC[C@@H]2C3)cc1. The van der Waals surface area contributed by atoms with Crippen LogP contribution in [-0.2, 0) is 4.79 Å². The van der Waals surface area contributed by atoms with E-state index in [4.69, 9.17) is 0 Å². The van der Waals surface area contributed by atoms with Crippen molar-refractivity contribution in [2.24, 2.45) is 17.8 Å². The van der Waals surface area contributed by atoms with Gasteiger partial charge in [-0.25, -0.2) is 0 Å². The number of amides is 1. The van der Waals surface area contributed by atoms with Gasteiger partial charge in [-0.2, -0.15) is 0 Å². The Morgan fingerprint density at radius 1 is 1.15 bits per heavy atom. The maximum atomic E-state index is 12.1. The Kier molecular flexibility index (Phi) is 3.60. The topological polar surface area (TPSA) is 46.2 Å². The number of fused-ring (bicyclic) bond motifs is 2. The first kappa shape index (κ1) is 13.3. The van der Waals surface area contributed by atoms with Crippen molar-refractivity contribution in [1.29, 1.82) is 0 Å². The fourth-order valence-corrected chi connectivity index (χ4v) is 3.86. The minimum Gasteiger partial charge on any atom is -0.326 e. The van der Waals surface area contributed by atoms with Crippen LogP contribution >= 0.6 is 0 Å². The monoisotopic (exact) mass is 271 g/mol. The lowest BCUT2D eigenvalue weighted by Gasteiger charge is -2.20. The third-order valence-electron chi connectivity index (χ3n) is 4.91. The molecule has 0 aromatic heterocycles. The number of benzene rings is 1. The third kappa shape index (κ3) is 2.77. The lowest BCUT2D eigenvalue weighted by atomic mass is 9.86. The molecule has 106 valence electrons. The van der Waals surface area contributed by atoms with E-state index < -0.39 is 0 Å². The molecule has 2 aliphatic rings. The summed E-state index contributed by atoms with van der Waals surface area (Å²) in [4.78, 5) is 23.3. The molecule has 0 unspecified atom stereocenters. The predicted molar refractivity (Wildman–Crippen MR) is 78.6 cm³/mol. The van der Waals surface area contributed by atoms with Crippen molar-refractivity contribution in [3.8, 4) is 0 Å². The summed E-state index contributed by atoms with van der Waals surface area (Å²) < 4.78 is 0. The normalized spacial score (nSPS) is 27.6. The van der Waals surface area contributed by atoms with Gasteiger partial charge in [-0.05, 0) is 68.2 Å². The van der Waals surface area contributed by atoms with Crippen molar-refractivity contribution in [2.45, 2.75) is 39.0 Å². The zero-order valence-electron chi connectivity index (χ0n) is 11.9. The average Bonchev–Trinajstić information content (AvgIpc) is 3.01. The second kappa shape index (κ2) is 5.39. The number of rotatable bonds is 4. The molecule has 3 atom stereocenters. The van der Waals surface area contributed by atoms with Crippen LogP contribution in [0.15, 0.2) is 24.3 Å². The molecule has 0 radical (unpaired) electrons. The summed E-state index contributed by atoms with van der Waals surface area (Å²) in [5.74, 6) is 2.41. The highest BCUT2D eigenvalue weighted by atomic mass is 16.1. The molecule has 1 amide bonds. The van der Waals surface area contributed by atoms with E-state index in [1.54, 1.807) is 31.2 Å². The second-order valence-electron chi connectivity index (χ2n) is 6.32. The molecular formula is C17H21NO2. The van der Waals surface area contributed by atoms with Crippen LogP contribution in [0, 0.1) is 17.8 Å². The molecule has 1 aromatic rings. The highest BCUT2D eigenvalue weighted by Crippen LogP contribution is 2.49. The van der Waals surface area contributed by atoms with Gasteiger partial charge >= 0.3 is 0 Å². The molecule has 1 N–H and O–H groups in total. The van der Waals surface area contributed by atoms with Crippen molar-refractivity contribution in [1.82, 2.24) is 0 Å². The number of Topliss-reactive ketones (excluding diaryl/α,β-unsaturated/α-hetero) is 1. The summed E-state index contributed by atoms with van der Waals surface area (Å²) in [5.41, 5.74) is 1.46. The maximum Gasteiger partial charge on any atom is 0.224 e. The van der Waals surface area contributed by atoms with Gasteiger partial charge in [-0.15, -0.1) is 0 Å². The number of carbonyl (C=O) groups excluding carboxylic acids is 2. The number of carbonyl (C=O) groups is 2. The molecule has 2 saturated carbocycles. The Morgan fingerprint density at radius 2 is 1.90 bits per heavy atom. The summed E-state index contributed by atoms with van der Waals surface area (Å²) in [6, 6.07) is 7.12. The lowest BCUT2D eigenvalue weighted by Crippen LogP contribution is -2.20. The van der Waals surface area contributed by atoms with Crippen LogP contribution in [0.5, 0.6) is 0 Å². The Balaban J connectivity index is 1.55. The van der Waals surface area contributed by atoms with Gasteiger partial charge < -0.3 is 5.32 Å². The molecule has 1 aromatic carbocycles. The zero-order valence-corrected chi connectivity index (χ0v) is 11.9. The number of nitrogens with one attached hydrogen (secondary N) is 1. The van der Waals surface area contributed by atoms with Gasteiger partial charge in [0.1, 0.15) is 0 Å². The highest BCUT2D eigenvalue weighted by Gasteiger charge is 2.40. The molecule has 3 rings (SSSR count). The Labute approximate surface area is 119 Å². The quantitative estimate of drug-likeness (QED) is 0.850. The van der Waals surface area contributed by atoms with Crippen LogP contribution < -0.4 is 5.32 Å². The predicted octanol–water partition coefficient (Wildman–Crippen LogP) is 3.65. The van der Waals surface area contributed by atoms with Crippen LogP contribution in [0.25, 0.3) is 0 Å². The molecular weight excluding hydrogens is 250 g/mol. The van der Waals surface area contributed by atoms with Gasteiger partial charge in [0.25, 0.3) is 0 Å².